The minimum atomic E-state index is -0.995. The SMILES string of the molecule is COc1ccnc(C(=O)N[C@@H](C)C(=O)O[C@@H](C)[C@H](Oc2ccc(Cl)cc2Cl)C2CCCC2)c1O. The van der Waals surface area contributed by atoms with Crippen LogP contribution in [0.1, 0.15) is 50.0 Å². The fourth-order valence-electron chi connectivity index (χ4n) is 4.02. The quantitative estimate of drug-likeness (QED) is 0.466. The standard InChI is InChI=1S/C24H28Cl2N2O6/c1-13(28-23(30)20-21(29)19(32-3)10-11-27-20)24(31)33-14(2)22(15-6-4-5-7-15)34-18-9-8-16(25)12-17(18)26/h8-15,22,29H,4-7H2,1-3H3,(H,28,30)/t13-,14-,22-/m0/s1. The molecule has 1 aromatic carbocycles. The Bertz CT molecular complexity index is 1030. The molecule has 1 heterocycles. The van der Waals surface area contributed by atoms with Crippen LogP contribution in [0.4, 0.5) is 0 Å². The number of pyridine rings is 1. The molecule has 2 aromatic rings. The van der Waals surface area contributed by atoms with Crippen molar-refractivity contribution in [1.29, 1.82) is 0 Å². The lowest BCUT2D eigenvalue weighted by Gasteiger charge is -2.31. The van der Waals surface area contributed by atoms with Gasteiger partial charge in [-0.05, 0) is 50.8 Å². The van der Waals surface area contributed by atoms with E-state index in [1.54, 1.807) is 25.1 Å². The molecule has 0 radical (unpaired) electrons. The summed E-state index contributed by atoms with van der Waals surface area (Å²) in [6.07, 6.45) is 4.34. The lowest BCUT2D eigenvalue weighted by atomic mass is 9.96. The van der Waals surface area contributed by atoms with Gasteiger partial charge in [0.2, 0.25) is 0 Å². The molecule has 184 valence electrons. The molecule has 1 aliphatic carbocycles. The monoisotopic (exact) mass is 510 g/mol. The molecule has 0 spiro atoms. The van der Waals surface area contributed by atoms with E-state index in [0.29, 0.717) is 15.8 Å². The summed E-state index contributed by atoms with van der Waals surface area (Å²) in [5, 5.41) is 13.5. The summed E-state index contributed by atoms with van der Waals surface area (Å²) in [6, 6.07) is 5.40. The third-order valence-electron chi connectivity index (χ3n) is 5.81. The highest BCUT2D eigenvalue weighted by molar-refractivity contribution is 6.35. The number of halogens is 2. The van der Waals surface area contributed by atoms with E-state index in [2.05, 4.69) is 10.3 Å². The average Bonchev–Trinajstić information content (AvgIpc) is 3.33. The number of ether oxygens (including phenoxy) is 3. The summed E-state index contributed by atoms with van der Waals surface area (Å²) in [5.41, 5.74) is -0.253. The van der Waals surface area contributed by atoms with Gasteiger partial charge in [-0.1, -0.05) is 36.0 Å². The topological polar surface area (TPSA) is 107 Å². The first-order chi connectivity index (χ1) is 16.2. The summed E-state index contributed by atoms with van der Waals surface area (Å²) < 4.78 is 16.9. The molecule has 1 aromatic heterocycles. The number of carbonyl (C=O) groups excluding carboxylic acids is 2. The molecule has 3 rings (SSSR count). The van der Waals surface area contributed by atoms with Gasteiger partial charge in [-0.2, -0.15) is 0 Å². The zero-order valence-electron chi connectivity index (χ0n) is 19.2. The van der Waals surface area contributed by atoms with Gasteiger partial charge in [0, 0.05) is 17.3 Å². The molecule has 8 nitrogen and oxygen atoms in total. The number of methoxy groups -OCH3 is 1. The van der Waals surface area contributed by atoms with Crippen molar-refractivity contribution in [2.75, 3.05) is 7.11 Å². The van der Waals surface area contributed by atoms with Gasteiger partial charge in [-0.25, -0.2) is 9.78 Å². The highest BCUT2D eigenvalue weighted by atomic mass is 35.5. The number of benzene rings is 1. The second-order valence-corrected chi connectivity index (χ2v) is 9.09. The van der Waals surface area contributed by atoms with Gasteiger partial charge in [0.1, 0.15) is 24.0 Å². The van der Waals surface area contributed by atoms with Crippen LogP contribution in [-0.4, -0.2) is 47.3 Å². The number of nitrogens with zero attached hydrogens (tertiary/aromatic N) is 1. The van der Waals surface area contributed by atoms with Crippen LogP contribution in [0.5, 0.6) is 17.2 Å². The fraction of sp³-hybridized carbons (Fsp3) is 0.458. The zero-order chi connectivity index (χ0) is 24.8. The molecule has 1 fully saturated rings. The average molecular weight is 511 g/mol. The molecule has 0 aliphatic heterocycles. The van der Waals surface area contributed by atoms with E-state index < -0.39 is 35.9 Å². The maximum absolute atomic E-state index is 12.8. The Morgan fingerprint density at radius 1 is 1.15 bits per heavy atom. The Hall–Kier alpha value is -2.71. The molecule has 0 bridgehead atoms. The van der Waals surface area contributed by atoms with Gasteiger partial charge in [-0.15, -0.1) is 0 Å². The predicted octanol–water partition coefficient (Wildman–Crippen LogP) is 4.79. The van der Waals surface area contributed by atoms with Crippen LogP contribution in [0.3, 0.4) is 0 Å². The lowest BCUT2D eigenvalue weighted by Crippen LogP contribution is -2.45. The number of hydrogen-bond donors (Lipinski definition) is 2. The van der Waals surface area contributed by atoms with Crippen LogP contribution in [0, 0.1) is 5.92 Å². The van der Waals surface area contributed by atoms with E-state index in [9.17, 15) is 14.7 Å². The Morgan fingerprint density at radius 2 is 1.85 bits per heavy atom. The molecule has 34 heavy (non-hydrogen) atoms. The van der Waals surface area contributed by atoms with Crippen LogP contribution in [0.25, 0.3) is 0 Å². The van der Waals surface area contributed by atoms with Crippen molar-refractivity contribution in [3.8, 4) is 17.2 Å². The largest absolute Gasteiger partial charge is 0.503 e. The molecule has 0 saturated heterocycles. The second kappa shape index (κ2) is 11.6. The summed E-state index contributed by atoms with van der Waals surface area (Å²) in [7, 11) is 1.36. The van der Waals surface area contributed by atoms with Crippen molar-refractivity contribution in [1.82, 2.24) is 10.3 Å². The molecule has 0 unspecified atom stereocenters. The second-order valence-electron chi connectivity index (χ2n) is 8.25. The van der Waals surface area contributed by atoms with Crippen LogP contribution >= 0.6 is 23.2 Å². The van der Waals surface area contributed by atoms with Crippen molar-refractivity contribution in [3.05, 3.63) is 46.2 Å². The smallest absolute Gasteiger partial charge is 0.328 e. The van der Waals surface area contributed by atoms with Crippen molar-refractivity contribution in [2.24, 2.45) is 5.92 Å². The zero-order valence-corrected chi connectivity index (χ0v) is 20.7. The third kappa shape index (κ3) is 6.24. The highest BCUT2D eigenvalue weighted by Gasteiger charge is 2.35. The van der Waals surface area contributed by atoms with E-state index >= 15 is 0 Å². The Balaban J connectivity index is 1.67. The summed E-state index contributed by atoms with van der Waals surface area (Å²) in [4.78, 5) is 29.2. The van der Waals surface area contributed by atoms with Gasteiger partial charge in [-0.3, -0.25) is 4.79 Å². The molecular formula is C24H28Cl2N2O6. The van der Waals surface area contributed by atoms with Crippen molar-refractivity contribution in [3.63, 3.8) is 0 Å². The van der Waals surface area contributed by atoms with Crippen molar-refractivity contribution >= 4 is 35.1 Å². The molecule has 3 atom stereocenters. The van der Waals surface area contributed by atoms with Gasteiger partial charge in [0.25, 0.3) is 5.91 Å². The van der Waals surface area contributed by atoms with E-state index in [1.807, 2.05) is 0 Å². The molecule has 1 amide bonds. The van der Waals surface area contributed by atoms with Crippen LogP contribution in [0.2, 0.25) is 10.0 Å². The maximum Gasteiger partial charge on any atom is 0.328 e. The van der Waals surface area contributed by atoms with E-state index in [1.165, 1.54) is 26.3 Å². The number of nitrogens with one attached hydrogen (secondary N) is 1. The third-order valence-corrected chi connectivity index (χ3v) is 6.34. The first kappa shape index (κ1) is 25.9. The minimum absolute atomic E-state index is 0.0985. The first-order valence-corrected chi connectivity index (χ1v) is 11.8. The minimum Gasteiger partial charge on any atom is -0.503 e. The van der Waals surface area contributed by atoms with E-state index in [0.717, 1.165) is 25.7 Å². The molecule has 2 N–H and O–H groups in total. The number of esters is 1. The number of hydrogen-bond acceptors (Lipinski definition) is 7. The van der Waals surface area contributed by atoms with Crippen LogP contribution in [0.15, 0.2) is 30.5 Å². The van der Waals surface area contributed by atoms with Gasteiger partial charge in [0.05, 0.1) is 12.1 Å². The summed E-state index contributed by atoms with van der Waals surface area (Å²) in [6.45, 7) is 3.25. The van der Waals surface area contributed by atoms with Crippen molar-refractivity contribution < 1.29 is 28.9 Å². The summed E-state index contributed by atoms with van der Waals surface area (Å²) in [5.74, 6) is -1.03. The molecular weight excluding hydrogens is 483 g/mol. The van der Waals surface area contributed by atoms with Gasteiger partial charge >= 0.3 is 5.97 Å². The summed E-state index contributed by atoms with van der Waals surface area (Å²) >= 11 is 12.3. The number of aromatic hydroxyl groups is 1. The predicted molar refractivity (Wildman–Crippen MR) is 128 cm³/mol. The molecule has 1 aliphatic rings. The number of rotatable bonds is 9. The normalized spacial score (nSPS) is 16.4. The van der Waals surface area contributed by atoms with E-state index in [-0.39, 0.29) is 17.4 Å². The fourth-order valence-corrected chi connectivity index (χ4v) is 4.48. The molecule has 1 saturated carbocycles. The number of carbonyl (C=O) groups is 2. The lowest BCUT2D eigenvalue weighted by molar-refractivity contribution is -0.156. The van der Waals surface area contributed by atoms with Gasteiger partial charge < -0.3 is 24.6 Å². The Kier molecular flexibility index (Phi) is 8.85. The Morgan fingerprint density at radius 3 is 2.50 bits per heavy atom. The number of aromatic nitrogens is 1. The highest BCUT2D eigenvalue weighted by Crippen LogP contribution is 2.35. The molecule has 10 heteroatoms. The van der Waals surface area contributed by atoms with Crippen molar-refractivity contribution in [2.45, 2.75) is 57.8 Å². The van der Waals surface area contributed by atoms with Crippen LogP contribution < -0.4 is 14.8 Å². The maximum atomic E-state index is 12.8. The Labute approximate surface area is 208 Å². The first-order valence-electron chi connectivity index (χ1n) is 11.1. The number of amides is 1. The van der Waals surface area contributed by atoms with Gasteiger partial charge in [0.15, 0.2) is 17.2 Å². The van der Waals surface area contributed by atoms with E-state index in [4.69, 9.17) is 37.4 Å². The van der Waals surface area contributed by atoms with Crippen LogP contribution in [-0.2, 0) is 9.53 Å².